The van der Waals surface area contributed by atoms with E-state index in [1.165, 1.54) is 6.42 Å². The van der Waals surface area contributed by atoms with Crippen LogP contribution < -0.4 is 5.32 Å². The van der Waals surface area contributed by atoms with E-state index >= 15 is 0 Å². The molecule has 0 radical (unpaired) electrons. The standard InChI is InChI=1S/C11H20N2O/c1-6(2)10-11(14)13(8(4)12-10)9-5-7(9)3/h6-10,12H,5H2,1-4H3. The molecule has 0 bridgehead atoms. The molecule has 14 heavy (non-hydrogen) atoms. The lowest BCUT2D eigenvalue weighted by Crippen LogP contribution is -2.37. The first-order valence-electron chi connectivity index (χ1n) is 5.60. The van der Waals surface area contributed by atoms with Gasteiger partial charge in [-0.05, 0) is 25.2 Å². The summed E-state index contributed by atoms with van der Waals surface area (Å²) in [5, 5.41) is 3.37. The van der Waals surface area contributed by atoms with Crippen LogP contribution in [-0.2, 0) is 4.79 Å². The van der Waals surface area contributed by atoms with Gasteiger partial charge in [0.15, 0.2) is 0 Å². The number of hydrogen-bond acceptors (Lipinski definition) is 2. The smallest absolute Gasteiger partial charge is 0.241 e. The average molecular weight is 196 g/mol. The van der Waals surface area contributed by atoms with Gasteiger partial charge in [0.25, 0.3) is 0 Å². The van der Waals surface area contributed by atoms with Crippen LogP contribution in [0.2, 0.25) is 0 Å². The predicted molar refractivity (Wildman–Crippen MR) is 55.6 cm³/mol. The van der Waals surface area contributed by atoms with Crippen LogP contribution in [0, 0.1) is 11.8 Å². The Morgan fingerprint density at radius 1 is 1.43 bits per heavy atom. The van der Waals surface area contributed by atoms with Crippen LogP contribution in [0.5, 0.6) is 0 Å². The molecule has 0 spiro atoms. The lowest BCUT2D eigenvalue weighted by Gasteiger charge is -2.20. The van der Waals surface area contributed by atoms with E-state index in [1.54, 1.807) is 0 Å². The van der Waals surface area contributed by atoms with Gasteiger partial charge in [0.2, 0.25) is 5.91 Å². The van der Waals surface area contributed by atoms with E-state index in [0.29, 0.717) is 23.8 Å². The van der Waals surface area contributed by atoms with E-state index in [0.717, 1.165) is 0 Å². The molecule has 2 aliphatic rings. The van der Waals surface area contributed by atoms with Crippen molar-refractivity contribution in [3.8, 4) is 0 Å². The zero-order valence-electron chi connectivity index (χ0n) is 9.45. The summed E-state index contributed by atoms with van der Waals surface area (Å²) in [6.07, 6.45) is 1.41. The molecule has 80 valence electrons. The highest BCUT2D eigenvalue weighted by atomic mass is 16.2. The van der Waals surface area contributed by atoms with E-state index in [4.69, 9.17) is 0 Å². The molecule has 1 saturated heterocycles. The van der Waals surface area contributed by atoms with Crippen molar-refractivity contribution in [1.29, 1.82) is 0 Å². The minimum Gasteiger partial charge on any atom is -0.323 e. The summed E-state index contributed by atoms with van der Waals surface area (Å²) in [6.45, 7) is 8.50. The third kappa shape index (κ3) is 1.44. The summed E-state index contributed by atoms with van der Waals surface area (Å²) in [5.74, 6) is 1.40. The Morgan fingerprint density at radius 2 is 2.00 bits per heavy atom. The van der Waals surface area contributed by atoms with E-state index < -0.39 is 0 Å². The Balaban J connectivity index is 2.08. The largest absolute Gasteiger partial charge is 0.323 e. The van der Waals surface area contributed by atoms with Crippen LogP contribution in [0.25, 0.3) is 0 Å². The van der Waals surface area contributed by atoms with E-state index in [9.17, 15) is 4.79 Å². The van der Waals surface area contributed by atoms with Gasteiger partial charge >= 0.3 is 0 Å². The molecule has 4 atom stereocenters. The Bertz CT molecular complexity index is 252. The second-order valence-corrected chi connectivity index (χ2v) is 5.09. The first kappa shape index (κ1) is 9.97. The van der Waals surface area contributed by atoms with Gasteiger partial charge in [-0.2, -0.15) is 0 Å². The number of carbonyl (C=O) groups is 1. The third-order valence-corrected chi connectivity index (χ3v) is 3.45. The van der Waals surface area contributed by atoms with Gasteiger partial charge in [-0.25, -0.2) is 0 Å². The van der Waals surface area contributed by atoms with Crippen molar-refractivity contribution in [3.05, 3.63) is 0 Å². The monoisotopic (exact) mass is 196 g/mol. The van der Waals surface area contributed by atoms with Crippen LogP contribution in [0.3, 0.4) is 0 Å². The van der Waals surface area contributed by atoms with Crippen molar-refractivity contribution in [2.24, 2.45) is 11.8 Å². The first-order valence-corrected chi connectivity index (χ1v) is 5.60. The number of nitrogens with zero attached hydrogens (tertiary/aromatic N) is 1. The molecule has 1 aliphatic carbocycles. The highest BCUT2D eigenvalue weighted by Crippen LogP contribution is 2.38. The van der Waals surface area contributed by atoms with Crippen LogP contribution in [0.15, 0.2) is 0 Å². The predicted octanol–water partition coefficient (Wildman–Crippen LogP) is 1.20. The third-order valence-electron chi connectivity index (χ3n) is 3.45. The molecule has 0 aromatic rings. The molecule has 1 aliphatic heterocycles. The highest BCUT2D eigenvalue weighted by Gasteiger charge is 2.48. The molecule has 0 aromatic carbocycles. The second kappa shape index (κ2) is 3.23. The molecule has 4 unspecified atom stereocenters. The van der Waals surface area contributed by atoms with Gasteiger partial charge in [-0.3, -0.25) is 10.1 Å². The minimum atomic E-state index is 0.0396. The lowest BCUT2D eigenvalue weighted by molar-refractivity contribution is -0.131. The summed E-state index contributed by atoms with van der Waals surface area (Å²) in [7, 11) is 0. The number of hydrogen-bond donors (Lipinski definition) is 1. The van der Waals surface area contributed by atoms with Gasteiger partial charge in [0, 0.05) is 6.04 Å². The molecule has 1 heterocycles. The second-order valence-electron chi connectivity index (χ2n) is 5.09. The SMILES string of the molecule is CC(C)C1NC(C)N(C2CC2C)C1=O. The van der Waals surface area contributed by atoms with Crippen molar-refractivity contribution in [3.63, 3.8) is 0 Å². The van der Waals surface area contributed by atoms with E-state index in [2.05, 4.69) is 37.9 Å². The van der Waals surface area contributed by atoms with Crippen molar-refractivity contribution in [1.82, 2.24) is 10.2 Å². The molecule has 0 aromatic heterocycles. The lowest BCUT2D eigenvalue weighted by atomic mass is 10.1. The summed E-state index contributed by atoms with van der Waals surface area (Å²) in [6, 6.07) is 0.548. The fourth-order valence-electron chi connectivity index (χ4n) is 2.38. The van der Waals surface area contributed by atoms with Crippen molar-refractivity contribution < 1.29 is 4.79 Å². The van der Waals surface area contributed by atoms with Crippen molar-refractivity contribution in [2.75, 3.05) is 0 Å². The van der Waals surface area contributed by atoms with E-state index in [1.807, 2.05) is 0 Å². The Kier molecular flexibility index (Phi) is 2.30. The minimum absolute atomic E-state index is 0.0396. The molecule has 1 amide bonds. The Morgan fingerprint density at radius 3 is 2.36 bits per heavy atom. The van der Waals surface area contributed by atoms with Gasteiger partial charge < -0.3 is 4.90 Å². The van der Waals surface area contributed by atoms with Crippen LogP contribution in [0.1, 0.15) is 34.1 Å². The van der Waals surface area contributed by atoms with Gasteiger partial charge in [-0.15, -0.1) is 0 Å². The van der Waals surface area contributed by atoms with Gasteiger partial charge in [0.1, 0.15) is 0 Å². The van der Waals surface area contributed by atoms with Crippen molar-refractivity contribution >= 4 is 5.91 Å². The first-order chi connectivity index (χ1) is 6.52. The van der Waals surface area contributed by atoms with Crippen LogP contribution >= 0.6 is 0 Å². The molecule has 1 N–H and O–H groups in total. The van der Waals surface area contributed by atoms with Crippen LogP contribution in [0.4, 0.5) is 0 Å². The maximum Gasteiger partial charge on any atom is 0.241 e. The number of nitrogens with one attached hydrogen (secondary N) is 1. The van der Waals surface area contributed by atoms with Crippen LogP contribution in [-0.4, -0.2) is 29.1 Å². The summed E-state index contributed by atoms with van der Waals surface area (Å²) < 4.78 is 0. The zero-order chi connectivity index (χ0) is 10.5. The number of amides is 1. The fraction of sp³-hybridized carbons (Fsp3) is 0.909. The molecular formula is C11H20N2O. The average Bonchev–Trinajstić information content (AvgIpc) is 2.69. The maximum atomic E-state index is 12.0. The quantitative estimate of drug-likeness (QED) is 0.719. The molecule has 3 heteroatoms. The van der Waals surface area contributed by atoms with Gasteiger partial charge in [0.05, 0.1) is 12.2 Å². The van der Waals surface area contributed by atoms with Gasteiger partial charge in [-0.1, -0.05) is 20.8 Å². The Hall–Kier alpha value is -0.570. The molecule has 3 nitrogen and oxygen atoms in total. The highest BCUT2D eigenvalue weighted by molar-refractivity contribution is 5.85. The molecular weight excluding hydrogens is 176 g/mol. The topological polar surface area (TPSA) is 32.3 Å². The Labute approximate surface area is 85.8 Å². The van der Waals surface area contributed by atoms with E-state index in [-0.39, 0.29) is 12.2 Å². The zero-order valence-corrected chi connectivity index (χ0v) is 9.45. The number of rotatable bonds is 2. The fourth-order valence-corrected chi connectivity index (χ4v) is 2.38. The molecule has 1 saturated carbocycles. The summed E-state index contributed by atoms with van der Waals surface area (Å²) in [4.78, 5) is 14.1. The normalized spacial score (nSPS) is 42.4. The maximum absolute atomic E-state index is 12.0. The number of carbonyl (C=O) groups excluding carboxylic acids is 1. The summed E-state index contributed by atoms with van der Waals surface area (Å²) >= 11 is 0. The summed E-state index contributed by atoms with van der Waals surface area (Å²) in [5.41, 5.74) is 0. The molecule has 2 rings (SSSR count). The van der Waals surface area contributed by atoms with Crippen molar-refractivity contribution in [2.45, 2.75) is 52.4 Å². The molecule has 2 fully saturated rings.